The second-order valence-electron chi connectivity index (χ2n) is 4.27. The van der Waals surface area contributed by atoms with Crippen molar-refractivity contribution in [2.24, 2.45) is 0 Å². The van der Waals surface area contributed by atoms with E-state index in [4.69, 9.17) is 0 Å². The van der Waals surface area contributed by atoms with Gasteiger partial charge in [-0.3, -0.25) is 4.79 Å². The van der Waals surface area contributed by atoms with Crippen molar-refractivity contribution in [3.05, 3.63) is 58.0 Å². The molecule has 0 fully saturated rings. The molecule has 2 aromatic rings. The smallest absolute Gasteiger partial charge is 0.220 e. The molecule has 2 rings (SSSR count). The van der Waals surface area contributed by atoms with E-state index in [-0.39, 0.29) is 11.7 Å². The summed E-state index contributed by atoms with van der Waals surface area (Å²) in [4.78, 5) is 12.8. The zero-order valence-corrected chi connectivity index (χ0v) is 11.4. The first-order valence-corrected chi connectivity index (χ1v) is 7.16. The molecule has 2 nitrogen and oxygen atoms in total. The molecular weight excluding hydrogens is 261 g/mol. The van der Waals surface area contributed by atoms with Gasteiger partial charge in [-0.25, -0.2) is 4.39 Å². The van der Waals surface area contributed by atoms with E-state index in [0.717, 1.165) is 6.42 Å². The van der Waals surface area contributed by atoms with Crippen molar-refractivity contribution in [3.8, 4) is 0 Å². The number of rotatable bonds is 6. The highest BCUT2D eigenvalue weighted by atomic mass is 32.1. The van der Waals surface area contributed by atoms with E-state index in [1.165, 1.54) is 10.9 Å². The summed E-state index contributed by atoms with van der Waals surface area (Å²) in [6.07, 6.45) is 1.78. The van der Waals surface area contributed by atoms with Crippen LogP contribution in [0.1, 0.15) is 16.9 Å². The molecular formula is C15H16FNOS. The maximum Gasteiger partial charge on any atom is 0.220 e. The minimum Gasteiger partial charge on any atom is -0.356 e. The largest absolute Gasteiger partial charge is 0.356 e. The van der Waals surface area contributed by atoms with Crippen molar-refractivity contribution in [1.82, 2.24) is 5.32 Å². The van der Waals surface area contributed by atoms with Gasteiger partial charge in [-0.05, 0) is 35.9 Å². The molecule has 1 aromatic heterocycles. The normalized spacial score (nSPS) is 10.4. The summed E-state index contributed by atoms with van der Waals surface area (Å²) < 4.78 is 13.3. The van der Waals surface area contributed by atoms with E-state index >= 15 is 0 Å². The Morgan fingerprint density at radius 1 is 1.16 bits per heavy atom. The molecule has 0 aliphatic rings. The number of amides is 1. The summed E-state index contributed by atoms with van der Waals surface area (Å²) in [6.45, 7) is 0.476. The fraction of sp³-hybridized carbons (Fsp3) is 0.267. The second kappa shape index (κ2) is 7.04. The molecule has 0 spiro atoms. The second-order valence-corrected chi connectivity index (χ2v) is 5.30. The van der Waals surface area contributed by atoms with Gasteiger partial charge in [-0.15, -0.1) is 11.3 Å². The van der Waals surface area contributed by atoms with Crippen LogP contribution in [0.3, 0.4) is 0 Å². The average Bonchev–Trinajstić information content (AvgIpc) is 2.92. The molecule has 1 heterocycles. The van der Waals surface area contributed by atoms with Crippen LogP contribution < -0.4 is 5.32 Å². The van der Waals surface area contributed by atoms with Crippen LogP contribution in [0.5, 0.6) is 0 Å². The van der Waals surface area contributed by atoms with Gasteiger partial charge in [0, 0.05) is 17.8 Å². The van der Waals surface area contributed by atoms with Crippen LogP contribution in [-0.4, -0.2) is 12.5 Å². The summed E-state index contributed by atoms with van der Waals surface area (Å²) in [5, 5.41) is 4.83. The summed E-state index contributed by atoms with van der Waals surface area (Å²) in [7, 11) is 0. The van der Waals surface area contributed by atoms with Gasteiger partial charge < -0.3 is 5.32 Å². The zero-order chi connectivity index (χ0) is 13.5. The Hall–Kier alpha value is -1.68. The quantitative estimate of drug-likeness (QED) is 0.863. The third-order valence-corrected chi connectivity index (χ3v) is 3.79. The zero-order valence-electron chi connectivity index (χ0n) is 10.6. The third kappa shape index (κ3) is 4.48. The van der Waals surface area contributed by atoms with Gasteiger partial charge in [0.25, 0.3) is 0 Å². The Bertz CT molecular complexity index is 525. The van der Waals surface area contributed by atoms with Gasteiger partial charge in [-0.1, -0.05) is 24.3 Å². The average molecular weight is 277 g/mol. The summed E-state index contributed by atoms with van der Waals surface area (Å²) in [5.74, 6) is -0.194. The lowest BCUT2D eigenvalue weighted by atomic mass is 10.1. The van der Waals surface area contributed by atoms with Crippen LogP contribution >= 0.6 is 11.3 Å². The molecule has 0 unspecified atom stereocenters. The predicted octanol–water partition coefficient (Wildman–Crippen LogP) is 3.18. The van der Waals surface area contributed by atoms with Crippen molar-refractivity contribution >= 4 is 17.2 Å². The number of carbonyl (C=O) groups is 1. The Kier molecular flexibility index (Phi) is 5.10. The number of hydrogen-bond donors (Lipinski definition) is 1. The van der Waals surface area contributed by atoms with E-state index in [9.17, 15) is 9.18 Å². The van der Waals surface area contributed by atoms with Crippen molar-refractivity contribution in [2.45, 2.75) is 19.3 Å². The molecule has 0 saturated heterocycles. The highest BCUT2D eigenvalue weighted by molar-refractivity contribution is 7.09. The minimum absolute atomic E-state index is 0.0183. The lowest BCUT2D eigenvalue weighted by Gasteiger charge is -2.05. The van der Waals surface area contributed by atoms with Crippen molar-refractivity contribution in [2.75, 3.05) is 6.54 Å². The van der Waals surface area contributed by atoms with Gasteiger partial charge in [0.15, 0.2) is 0 Å². The van der Waals surface area contributed by atoms with Crippen molar-refractivity contribution < 1.29 is 9.18 Å². The van der Waals surface area contributed by atoms with Crippen LogP contribution in [-0.2, 0) is 17.6 Å². The van der Waals surface area contributed by atoms with Gasteiger partial charge in [-0.2, -0.15) is 0 Å². The standard InChI is InChI=1S/C15H16FNOS/c16-14-6-2-1-4-12(14)9-10-17-15(18)8-7-13-5-3-11-19-13/h1-6,11H,7-10H2,(H,17,18). The molecule has 0 aliphatic heterocycles. The number of nitrogens with one attached hydrogen (secondary N) is 1. The first-order chi connectivity index (χ1) is 9.25. The number of carbonyl (C=O) groups excluding carboxylic acids is 1. The summed E-state index contributed by atoms with van der Waals surface area (Å²) >= 11 is 1.66. The first kappa shape index (κ1) is 13.7. The van der Waals surface area contributed by atoms with Crippen LogP contribution in [0.25, 0.3) is 0 Å². The first-order valence-electron chi connectivity index (χ1n) is 6.28. The molecule has 1 aromatic carbocycles. The Morgan fingerprint density at radius 3 is 2.74 bits per heavy atom. The Morgan fingerprint density at radius 2 is 2.00 bits per heavy atom. The molecule has 1 N–H and O–H groups in total. The Balaban J connectivity index is 1.68. The molecule has 19 heavy (non-hydrogen) atoms. The van der Waals surface area contributed by atoms with E-state index < -0.39 is 0 Å². The molecule has 1 amide bonds. The Labute approximate surface area is 116 Å². The van der Waals surface area contributed by atoms with E-state index in [2.05, 4.69) is 5.32 Å². The topological polar surface area (TPSA) is 29.1 Å². The highest BCUT2D eigenvalue weighted by Gasteiger charge is 2.04. The molecule has 0 saturated carbocycles. The molecule has 100 valence electrons. The van der Waals surface area contributed by atoms with Crippen molar-refractivity contribution in [1.29, 1.82) is 0 Å². The van der Waals surface area contributed by atoms with Crippen LogP contribution in [0.15, 0.2) is 41.8 Å². The maximum atomic E-state index is 13.3. The fourth-order valence-electron chi connectivity index (χ4n) is 1.82. The van der Waals surface area contributed by atoms with Crippen molar-refractivity contribution in [3.63, 3.8) is 0 Å². The van der Waals surface area contributed by atoms with Crippen LogP contribution in [0, 0.1) is 5.82 Å². The lowest BCUT2D eigenvalue weighted by molar-refractivity contribution is -0.121. The van der Waals surface area contributed by atoms with Crippen LogP contribution in [0.2, 0.25) is 0 Å². The van der Waals surface area contributed by atoms with Gasteiger partial charge in [0.05, 0.1) is 0 Å². The molecule has 4 heteroatoms. The molecule has 0 atom stereocenters. The van der Waals surface area contributed by atoms with E-state index in [0.29, 0.717) is 24.9 Å². The SMILES string of the molecule is O=C(CCc1cccs1)NCCc1ccccc1F. The minimum atomic E-state index is -0.213. The summed E-state index contributed by atoms with van der Waals surface area (Å²) in [5.41, 5.74) is 0.640. The number of hydrogen-bond acceptors (Lipinski definition) is 2. The fourth-order valence-corrected chi connectivity index (χ4v) is 2.53. The molecule has 0 bridgehead atoms. The van der Waals surface area contributed by atoms with E-state index in [1.807, 2.05) is 17.5 Å². The predicted molar refractivity (Wildman–Crippen MR) is 75.8 cm³/mol. The van der Waals surface area contributed by atoms with Gasteiger partial charge in [0.1, 0.15) is 5.82 Å². The number of aryl methyl sites for hydroxylation is 1. The van der Waals surface area contributed by atoms with Gasteiger partial charge in [0.2, 0.25) is 5.91 Å². The highest BCUT2D eigenvalue weighted by Crippen LogP contribution is 2.10. The number of halogens is 1. The number of benzene rings is 1. The molecule has 0 aliphatic carbocycles. The van der Waals surface area contributed by atoms with Crippen LogP contribution in [0.4, 0.5) is 4.39 Å². The molecule has 0 radical (unpaired) electrons. The maximum absolute atomic E-state index is 13.3. The summed E-state index contributed by atoms with van der Waals surface area (Å²) in [6, 6.07) is 10.7. The monoisotopic (exact) mass is 277 g/mol. The lowest BCUT2D eigenvalue weighted by Crippen LogP contribution is -2.26. The number of thiophene rings is 1. The van der Waals surface area contributed by atoms with E-state index in [1.54, 1.807) is 29.5 Å². The third-order valence-electron chi connectivity index (χ3n) is 2.85. The van der Waals surface area contributed by atoms with Gasteiger partial charge >= 0.3 is 0 Å².